The molecule has 1 spiro atoms. The first-order valence-corrected chi connectivity index (χ1v) is 9.11. The summed E-state index contributed by atoms with van der Waals surface area (Å²) < 4.78 is 6.01. The van der Waals surface area contributed by atoms with Crippen molar-refractivity contribution < 1.29 is 14.6 Å². The molecule has 1 aliphatic heterocycles. The maximum atomic E-state index is 12.5. The van der Waals surface area contributed by atoms with Gasteiger partial charge in [0.25, 0.3) is 5.91 Å². The van der Waals surface area contributed by atoms with Crippen LogP contribution in [0.1, 0.15) is 68.3 Å². The number of benzene rings is 1. The van der Waals surface area contributed by atoms with Crippen LogP contribution in [-0.2, 0) is 11.2 Å². The lowest BCUT2D eigenvalue weighted by atomic mass is 9.96. The molecule has 0 aromatic heterocycles. The third-order valence-electron chi connectivity index (χ3n) is 5.27. The molecule has 1 aliphatic carbocycles. The molecule has 4 nitrogen and oxygen atoms in total. The minimum absolute atomic E-state index is 0.0243. The van der Waals surface area contributed by atoms with Gasteiger partial charge in [-0.2, -0.15) is 0 Å². The summed E-state index contributed by atoms with van der Waals surface area (Å²) in [6.45, 7) is 4.25. The highest BCUT2D eigenvalue weighted by atomic mass is 16.5. The van der Waals surface area contributed by atoms with Crippen LogP contribution in [0, 0.1) is 0 Å². The molecule has 0 bridgehead atoms. The largest absolute Gasteiger partial charge is 0.390 e. The molecule has 2 N–H and O–H groups in total. The number of ether oxygens (including phenoxy) is 1. The molecule has 1 atom stereocenters. The SMILES string of the molecule is CC(C)(O)CCc1cccc(C(=O)N[C@H]2COC3(CCCC3)C2)c1. The van der Waals surface area contributed by atoms with E-state index >= 15 is 0 Å². The minimum atomic E-state index is -0.685. The third kappa shape index (κ3) is 4.37. The van der Waals surface area contributed by atoms with Crippen molar-refractivity contribution in [3.05, 3.63) is 35.4 Å². The smallest absolute Gasteiger partial charge is 0.251 e. The van der Waals surface area contributed by atoms with Crippen LogP contribution in [0.15, 0.2) is 24.3 Å². The van der Waals surface area contributed by atoms with Crippen molar-refractivity contribution in [2.24, 2.45) is 0 Å². The Morgan fingerprint density at radius 1 is 1.38 bits per heavy atom. The molecular weight excluding hydrogens is 302 g/mol. The van der Waals surface area contributed by atoms with Gasteiger partial charge in [-0.3, -0.25) is 4.79 Å². The average molecular weight is 331 g/mol. The third-order valence-corrected chi connectivity index (χ3v) is 5.27. The van der Waals surface area contributed by atoms with Gasteiger partial charge < -0.3 is 15.2 Å². The van der Waals surface area contributed by atoms with Crippen molar-refractivity contribution in [1.29, 1.82) is 0 Å². The minimum Gasteiger partial charge on any atom is -0.390 e. The van der Waals surface area contributed by atoms with Crippen molar-refractivity contribution in [2.75, 3.05) is 6.61 Å². The predicted octanol–water partition coefficient (Wildman–Crippen LogP) is 3.22. The van der Waals surface area contributed by atoms with E-state index in [2.05, 4.69) is 5.32 Å². The van der Waals surface area contributed by atoms with Gasteiger partial charge in [0.2, 0.25) is 0 Å². The van der Waals surface area contributed by atoms with Crippen LogP contribution >= 0.6 is 0 Å². The molecule has 3 rings (SSSR count). The fraction of sp³-hybridized carbons (Fsp3) is 0.650. The number of hydrogen-bond acceptors (Lipinski definition) is 3. The summed E-state index contributed by atoms with van der Waals surface area (Å²) in [6, 6.07) is 7.83. The lowest BCUT2D eigenvalue weighted by Crippen LogP contribution is -2.36. The summed E-state index contributed by atoms with van der Waals surface area (Å²) in [5, 5.41) is 13.0. The average Bonchev–Trinajstić information content (AvgIpc) is 3.15. The highest BCUT2D eigenvalue weighted by Gasteiger charge is 2.42. The van der Waals surface area contributed by atoms with Crippen LogP contribution in [0.4, 0.5) is 0 Å². The van der Waals surface area contributed by atoms with E-state index in [1.807, 2.05) is 38.1 Å². The number of rotatable bonds is 5. The molecule has 1 aromatic rings. The van der Waals surface area contributed by atoms with Gasteiger partial charge in [-0.05, 0) is 63.6 Å². The molecule has 4 heteroatoms. The van der Waals surface area contributed by atoms with E-state index in [9.17, 15) is 9.90 Å². The highest BCUT2D eigenvalue weighted by Crippen LogP contribution is 2.40. The lowest BCUT2D eigenvalue weighted by molar-refractivity contribution is 0.00987. The highest BCUT2D eigenvalue weighted by molar-refractivity contribution is 5.94. The monoisotopic (exact) mass is 331 g/mol. The molecule has 2 aliphatic rings. The van der Waals surface area contributed by atoms with E-state index < -0.39 is 5.60 Å². The summed E-state index contributed by atoms with van der Waals surface area (Å²) in [5.74, 6) is -0.0243. The van der Waals surface area contributed by atoms with Gasteiger partial charge in [0, 0.05) is 5.56 Å². The first-order chi connectivity index (χ1) is 11.4. The maximum Gasteiger partial charge on any atom is 0.251 e. The van der Waals surface area contributed by atoms with E-state index in [4.69, 9.17) is 4.74 Å². The van der Waals surface area contributed by atoms with Gasteiger partial charge in [0.15, 0.2) is 0 Å². The molecule has 1 heterocycles. The second-order valence-electron chi connectivity index (χ2n) is 8.09. The number of carbonyl (C=O) groups is 1. The van der Waals surface area contributed by atoms with E-state index in [0.29, 0.717) is 18.6 Å². The second kappa shape index (κ2) is 6.85. The van der Waals surface area contributed by atoms with Crippen molar-refractivity contribution >= 4 is 5.91 Å². The first-order valence-electron chi connectivity index (χ1n) is 9.11. The topological polar surface area (TPSA) is 58.6 Å². The normalized spacial score (nSPS) is 22.9. The summed E-state index contributed by atoms with van der Waals surface area (Å²) in [6.07, 6.45) is 7.12. The van der Waals surface area contributed by atoms with Crippen LogP contribution in [0.2, 0.25) is 0 Å². The van der Waals surface area contributed by atoms with Crippen molar-refractivity contribution in [3.63, 3.8) is 0 Å². The number of carbonyl (C=O) groups excluding carboxylic acids is 1. The Hall–Kier alpha value is -1.39. The zero-order valence-corrected chi connectivity index (χ0v) is 14.8. The molecular formula is C20H29NO3. The van der Waals surface area contributed by atoms with Gasteiger partial charge in [0.05, 0.1) is 23.9 Å². The molecule has 1 amide bonds. The van der Waals surface area contributed by atoms with Crippen LogP contribution in [0.25, 0.3) is 0 Å². The van der Waals surface area contributed by atoms with E-state index in [1.54, 1.807) is 0 Å². The van der Waals surface area contributed by atoms with Gasteiger partial charge in [-0.25, -0.2) is 0 Å². The van der Waals surface area contributed by atoms with Crippen LogP contribution < -0.4 is 5.32 Å². The van der Waals surface area contributed by atoms with Gasteiger partial charge in [-0.15, -0.1) is 0 Å². The summed E-state index contributed by atoms with van der Waals surface area (Å²) in [7, 11) is 0. The first kappa shape index (κ1) is 17.4. The fourth-order valence-corrected chi connectivity index (χ4v) is 3.89. The summed E-state index contributed by atoms with van der Waals surface area (Å²) in [4.78, 5) is 12.5. The maximum absolute atomic E-state index is 12.5. The fourth-order valence-electron chi connectivity index (χ4n) is 3.89. The van der Waals surface area contributed by atoms with Gasteiger partial charge in [-0.1, -0.05) is 25.0 Å². The number of amides is 1. The van der Waals surface area contributed by atoms with Crippen molar-refractivity contribution in [2.45, 2.75) is 76.0 Å². The Bertz CT molecular complexity index is 585. The van der Waals surface area contributed by atoms with Crippen molar-refractivity contribution in [3.8, 4) is 0 Å². The number of aliphatic hydroxyl groups is 1. The number of nitrogens with one attached hydrogen (secondary N) is 1. The predicted molar refractivity (Wildman–Crippen MR) is 94.1 cm³/mol. The van der Waals surface area contributed by atoms with Gasteiger partial charge in [0.1, 0.15) is 0 Å². The number of aryl methyl sites for hydroxylation is 1. The lowest BCUT2D eigenvalue weighted by Gasteiger charge is -2.21. The van der Waals surface area contributed by atoms with E-state index in [-0.39, 0.29) is 17.6 Å². The van der Waals surface area contributed by atoms with Crippen LogP contribution in [0.5, 0.6) is 0 Å². The standard InChI is InChI=1S/C20H29NO3/c1-19(2,23)11-8-15-6-5-7-16(12-15)18(22)21-17-13-20(24-14-17)9-3-4-10-20/h5-7,12,17,23H,3-4,8-11,13-14H2,1-2H3,(H,21,22)/t17-/m1/s1. The molecule has 24 heavy (non-hydrogen) atoms. The Labute approximate surface area is 144 Å². The van der Waals surface area contributed by atoms with E-state index in [0.717, 1.165) is 31.2 Å². The van der Waals surface area contributed by atoms with Crippen LogP contribution in [0.3, 0.4) is 0 Å². The summed E-state index contributed by atoms with van der Waals surface area (Å²) >= 11 is 0. The van der Waals surface area contributed by atoms with Crippen molar-refractivity contribution in [1.82, 2.24) is 5.32 Å². The molecule has 1 saturated carbocycles. The molecule has 2 fully saturated rings. The second-order valence-corrected chi connectivity index (χ2v) is 8.09. The summed E-state index contributed by atoms with van der Waals surface area (Å²) in [5.41, 5.74) is 1.12. The van der Waals surface area contributed by atoms with Gasteiger partial charge >= 0.3 is 0 Å². The van der Waals surface area contributed by atoms with E-state index in [1.165, 1.54) is 12.8 Å². The Kier molecular flexibility index (Phi) is 4.97. The Balaban J connectivity index is 1.57. The van der Waals surface area contributed by atoms with Crippen LogP contribution in [-0.4, -0.2) is 34.9 Å². The zero-order chi connectivity index (χ0) is 17.2. The molecule has 132 valence electrons. The molecule has 1 saturated heterocycles. The molecule has 1 aromatic carbocycles. The molecule has 0 unspecified atom stereocenters. The Morgan fingerprint density at radius 3 is 2.83 bits per heavy atom. The molecule has 0 radical (unpaired) electrons. The quantitative estimate of drug-likeness (QED) is 0.871. The zero-order valence-electron chi connectivity index (χ0n) is 14.8. The Morgan fingerprint density at radius 2 is 2.12 bits per heavy atom. The number of hydrogen-bond donors (Lipinski definition) is 2.